The van der Waals surface area contributed by atoms with Gasteiger partial charge in [-0.2, -0.15) is 0 Å². The van der Waals surface area contributed by atoms with Gasteiger partial charge in [-0.1, -0.05) is 35.4 Å². The third-order valence-electron chi connectivity index (χ3n) is 6.34. The third-order valence-corrected chi connectivity index (χ3v) is 9.40. The topological polar surface area (TPSA) is 86.7 Å². The van der Waals surface area contributed by atoms with Gasteiger partial charge in [0.2, 0.25) is 0 Å². The molecule has 0 heterocycles. The fraction of sp³-hybridized carbons (Fsp3) is 0.440. The van der Waals surface area contributed by atoms with Crippen molar-refractivity contribution in [2.24, 2.45) is 17.3 Å². The smallest absolute Gasteiger partial charge is 0.323 e. The minimum Gasteiger partial charge on any atom is -0.468 e. The molecule has 178 valence electrons. The summed E-state index contributed by atoms with van der Waals surface area (Å²) < 4.78 is 36.3. The monoisotopic (exact) mass is 490 g/mol. The summed E-state index contributed by atoms with van der Waals surface area (Å²) in [5, 5.41) is 0. The molecule has 0 aliphatic heterocycles. The van der Waals surface area contributed by atoms with E-state index in [0.717, 1.165) is 16.0 Å². The first kappa shape index (κ1) is 25.3. The number of hydrogen-bond acceptors (Lipinski definition) is 7. The highest BCUT2D eigenvalue weighted by molar-refractivity contribution is 7.99. The number of hydrogen-bond donors (Lipinski definition) is 0. The number of carbonyl (C=O) groups excluding carboxylic acids is 2. The van der Waals surface area contributed by atoms with Crippen molar-refractivity contribution in [1.82, 2.24) is 0 Å². The maximum Gasteiger partial charge on any atom is 0.323 e. The summed E-state index contributed by atoms with van der Waals surface area (Å²) >= 11 is 1.59. The van der Waals surface area contributed by atoms with Gasteiger partial charge in [-0.25, -0.2) is 8.42 Å². The molecule has 0 aromatic heterocycles. The second-order valence-corrected chi connectivity index (χ2v) is 11.8. The van der Waals surface area contributed by atoms with E-state index in [1.54, 1.807) is 36.0 Å². The lowest BCUT2D eigenvalue weighted by Gasteiger charge is -2.23. The van der Waals surface area contributed by atoms with Crippen molar-refractivity contribution >= 4 is 33.5 Å². The molecule has 0 spiro atoms. The van der Waals surface area contributed by atoms with Crippen LogP contribution in [0.4, 0.5) is 0 Å². The zero-order chi connectivity index (χ0) is 24.2. The zero-order valence-corrected chi connectivity index (χ0v) is 21.0. The van der Waals surface area contributed by atoms with E-state index in [9.17, 15) is 18.0 Å². The predicted octanol–water partition coefficient (Wildman–Crippen LogP) is 4.23. The second kappa shape index (κ2) is 10.3. The van der Waals surface area contributed by atoms with Gasteiger partial charge in [0, 0.05) is 10.6 Å². The van der Waals surface area contributed by atoms with E-state index in [-0.39, 0.29) is 29.4 Å². The number of rotatable bonds is 8. The van der Waals surface area contributed by atoms with Crippen LogP contribution in [-0.2, 0) is 28.9 Å². The maximum atomic E-state index is 13.2. The van der Waals surface area contributed by atoms with Crippen LogP contribution in [0.3, 0.4) is 0 Å². The number of carbonyl (C=O) groups is 2. The first-order valence-electron chi connectivity index (χ1n) is 10.8. The minimum absolute atomic E-state index is 0.0799. The molecule has 0 amide bonds. The van der Waals surface area contributed by atoms with Crippen LogP contribution in [0.25, 0.3) is 0 Å². The predicted molar refractivity (Wildman–Crippen MR) is 128 cm³/mol. The lowest BCUT2D eigenvalue weighted by atomic mass is 9.85. The van der Waals surface area contributed by atoms with Gasteiger partial charge in [-0.3, -0.25) is 9.59 Å². The normalized spacial score (nSPS) is 19.8. The fourth-order valence-corrected chi connectivity index (χ4v) is 7.29. The molecule has 0 radical (unpaired) electrons. The molecule has 6 nitrogen and oxygen atoms in total. The van der Waals surface area contributed by atoms with Crippen molar-refractivity contribution in [3.8, 4) is 0 Å². The summed E-state index contributed by atoms with van der Waals surface area (Å²) in [5.41, 5.74) is 0.630. The van der Waals surface area contributed by atoms with E-state index >= 15 is 0 Å². The van der Waals surface area contributed by atoms with Crippen molar-refractivity contribution in [3.05, 3.63) is 59.7 Å². The van der Waals surface area contributed by atoms with Crippen molar-refractivity contribution in [1.29, 1.82) is 0 Å². The average molecular weight is 491 g/mol. The van der Waals surface area contributed by atoms with E-state index < -0.39 is 33.1 Å². The molecule has 0 bridgehead atoms. The standard InChI is InChI=1S/C25H30O6S2/c1-17-5-9-21(10-6-17)32-15-19-13-25(23(26)30-3,24(27)31-4)14-20(19)16-33(28,29)22-11-7-18(2)8-12-22/h5-12,19-20H,13-16H2,1-4H3/t19-,20+/m1/s1. The van der Waals surface area contributed by atoms with E-state index in [0.29, 0.717) is 5.75 Å². The Bertz CT molecular complexity index is 1070. The van der Waals surface area contributed by atoms with Crippen molar-refractivity contribution < 1.29 is 27.5 Å². The Kier molecular flexibility index (Phi) is 7.90. The number of sulfone groups is 1. The molecule has 1 saturated carbocycles. The van der Waals surface area contributed by atoms with Crippen molar-refractivity contribution in [2.45, 2.75) is 36.5 Å². The number of methoxy groups -OCH3 is 2. The fourth-order valence-electron chi connectivity index (χ4n) is 4.47. The van der Waals surface area contributed by atoms with Crippen LogP contribution in [0.15, 0.2) is 58.3 Å². The Balaban J connectivity index is 1.90. The molecule has 1 fully saturated rings. The van der Waals surface area contributed by atoms with E-state index in [1.807, 2.05) is 38.1 Å². The molecule has 1 aliphatic carbocycles. The van der Waals surface area contributed by atoms with Gasteiger partial charge in [0.05, 0.1) is 24.9 Å². The molecule has 3 rings (SSSR count). The highest BCUT2D eigenvalue weighted by Crippen LogP contribution is 2.49. The Morgan fingerprint density at radius 1 is 0.879 bits per heavy atom. The summed E-state index contributed by atoms with van der Waals surface area (Å²) in [4.78, 5) is 26.8. The molecular weight excluding hydrogens is 460 g/mol. The maximum absolute atomic E-state index is 13.2. The van der Waals surface area contributed by atoms with Crippen molar-refractivity contribution in [2.75, 3.05) is 25.7 Å². The molecule has 0 unspecified atom stereocenters. The molecule has 33 heavy (non-hydrogen) atoms. The van der Waals surface area contributed by atoms with Crippen LogP contribution >= 0.6 is 11.8 Å². The lowest BCUT2D eigenvalue weighted by molar-refractivity contribution is -0.169. The highest BCUT2D eigenvalue weighted by Gasteiger charge is 2.57. The molecule has 8 heteroatoms. The summed E-state index contributed by atoms with van der Waals surface area (Å²) in [6, 6.07) is 14.8. The van der Waals surface area contributed by atoms with Gasteiger partial charge in [-0.15, -0.1) is 11.8 Å². The number of thioether (sulfide) groups is 1. The molecule has 0 saturated heterocycles. The van der Waals surface area contributed by atoms with Gasteiger partial charge in [0.15, 0.2) is 15.3 Å². The Morgan fingerprint density at radius 3 is 1.88 bits per heavy atom. The van der Waals surface area contributed by atoms with Gasteiger partial charge in [0.25, 0.3) is 0 Å². The lowest BCUT2D eigenvalue weighted by Crippen LogP contribution is -2.39. The van der Waals surface area contributed by atoms with Crippen LogP contribution < -0.4 is 0 Å². The molecule has 1 aliphatic rings. The average Bonchev–Trinajstić information content (AvgIpc) is 3.16. The Hall–Kier alpha value is -2.32. The largest absolute Gasteiger partial charge is 0.468 e. The molecule has 2 aromatic rings. The van der Waals surface area contributed by atoms with E-state index in [4.69, 9.17) is 9.47 Å². The number of aryl methyl sites for hydroxylation is 2. The minimum atomic E-state index is -3.61. The second-order valence-electron chi connectivity index (χ2n) is 8.71. The Labute approximate surface area is 200 Å². The first-order chi connectivity index (χ1) is 15.6. The van der Waals surface area contributed by atoms with Crippen LogP contribution in [0, 0.1) is 31.1 Å². The molecule has 2 aromatic carbocycles. The summed E-state index contributed by atoms with van der Waals surface area (Å²) in [7, 11) is -1.14. The van der Waals surface area contributed by atoms with E-state index in [2.05, 4.69) is 0 Å². The van der Waals surface area contributed by atoms with Gasteiger partial charge in [0.1, 0.15) is 0 Å². The summed E-state index contributed by atoms with van der Waals surface area (Å²) in [6.45, 7) is 3.91. The van der Waals surface area contributed by atoms with Crippen molar-refractivity contribution in [3.63, 3.8) is 0 Å². The van der Waals surface area contributed by atoms with Gasteiger partial charge >= 0.3 is 11.9 Å². The molecule has 0 N–H and O–H groups in total. The van der Waals surface area contributed by atoms with E-state index in [1.165, 1.54) is 14.2 Å². The van der Waals surface area contributed by atoms with Gasteiger partial charge < -0.3 is 9.47 Å². The number of esters is 2. The third kappa shape index (κ3) is 5.61. The zero-order valence-electron chi connectivity index (χ0n) is 19.4. The number of benzene rings is 2. The molecule has 2 atom stereocenters. The number of ether oxygens (including phenoxy) is 2. The summed E-state index contributed by atoms with van der Waals surface area (Å²) in [6.07, 6.45) is 0.274. The van der Waals surface area contributed by atoms with Crippen LogP contribution in [-0.4, -0.2) is 46.1 Å². The van der Waals surface area contributed by atoms with Crippen LogP contribution in [0.5, 0.6) is 0 Å². The summed E-state index contributed by atoms with van der Waals surface area (Å²) in [5.74, 6) is -1.50. The van der Waals surface area contributed by atoms with Crippen LogP contribution in [0.1, 0.15) is 24.0 Å². The first-order valence-corrected chi connectivity index (χ1v) is 13.4. The quantitative estimate of drug-likeness (QED) is 0.311. The van der Waals surface area contributed by atoms with Gasteiger partial charge in [-0.05, 0) is 62.8 Å². The SMILES string of the molecule is COC(=O)C1(C(=O)OC)C[C@H](CSc2ccc(C)cc2)[C@H](CS(=O)(=O)c2ccc(C)cc2)C1. The van der Waals surface area contributed by atoms with Crippen LogP contribution in [0.2, 0.25) is 0 Å². The molecular formula is C25H30O6S2. The Morgan fingerprint density at radius 2 is 1.36 bits per heavy atom. The highest BCUT2D eigenvalue weighted by atomic mass is 32.2.